The molecule has 2 heterocycles. The first kappa shape index (κ1) is 19.7. The van der Waals surface area contributed by atoms with Crippen LogP contribution in [-0.2, 0) is 9.59 Å². The van der Waals surface area contributed by atoms with Gasteiger partial charge in [0.25, 0.3) is 0 Å². The maximum Gasteiger partial charge on any atom is 0.573 e. The molecular weight excluding hydrogens is 397 g/mol. The maximum atomic E-state index is 12.1. The molecule has 2 aromatic rings. The number of aromatic nitrogens is 1. The Morgan fingerprint density at radius 2 is 2.04 bits per heavy atom. The van der Waals surface area contributed by atoms with Crippen LogP contribution < -0.4 is 15.4 Å². The number of amidine groups is 1. The number of rotatable bonds is 5. The molecule has 3 rings (SSSR count). The molecule has 2 N–H and O–H groups in total. The average Bonchev–Trinajstić information content (AvgIpc) is 2.95. The van der Waals surface area contributed by atoms with E-state index in [1.807, 2.05) is 0 Å². The first-order valence-corrected chi connectivity index (χ1v) is 8.78. The number of thioether (sulfide) groups is 1. The predicted octanol–water partition coefficient (Wildman–Crippen LogP) is 3.23. The van der Waals surface area contributed by atoms with Gasteiger partial charge >= 0.3 is 6.36 Å². The van der Waals surface area contributed by atoms with Crippen LogP contribution in [0.4, 0.5) is 24.5 Å². The Balaban J connectivity index is 1.55. The molecule has 11 heteroatoms. The molecule has 0 bridgehead atoms. The minimum absolute atomic E-state index is 0.122. The number of nitrogens with zero attached hydrogens (tertiary/aromatic N) is 2. The van der Waals surface area contributed by atoms with Crippen molar-refractivity contribution in [3.05, 3.63) is 48.8 Å². The van der Waals surface area contributed by atoms with Crippen LogP contribution in [0.3, 0.4) is 0 Å². The van der Waals surface area contributed by atoms with Gasteiger partial charge in [0, 0.05) is 18.3 Å². The fraction of sp³-hybridized carbons (Fsp3) is 0.176. The van der Waals surface area contributed by atoms with Crippen LogP contribution in [-0.4, -0.2) is 33.6 Å². The molecule has 1 saturated heterocycles. The normalized spacial score (nSPS) is 18.0. The van der Waals surface area contributed by atoms with Gasteiger partial charge in [0.15, 0.2) is 5.17 Å². The van der Waals surface area contributed by atoms with Crippen molar-refractivity contribution < 1.29 is 27.5 Å². The van der Waals surface area contributed by atoms with Gasteiger partial charge in [-0.2, -0.15) is 0 Å². The second-order valence-corrected chi connectivity index (χ2v) is 6.74. The molecule has 7 nitrogen and oxygen atoms in total. The first-order valence-electron chi connectivity index (χ1n) is 7.90. The maximum absolute atomic E-state index is 12.1. The number of alkyl halides is 3. The molecule has 1 fully saturated rings. The number of aliphatic imine (C=N–C) groups is 1. The van der Waals surface area contributed by atoms with E-state index in [0.717, 1.165) is 23.9 Å². The van der Waals surface area contributed by atoms with E-state index in [9.17, 15) is 22.8 Å². The fourth-order valence-corrected chi connectivity index (χ4v) is 3.24. The quantitative estimate of drug-likeness (QED) is 0.790. The average molecular weight is 410 g/mol. The van der Waals surface area contributed by atoms with Crippen molar-refractivity contribution in [1.82, 2.24) is 10.3 Å². The Morgan fingerprint density at radius 1 is 1.29 bits per heavy atom. The summed E-state index contributed by atoms with van der Waals surface area (Å²) in [6, 6.07) is 8.14. The molecular formula is C17H13F3N4O3S. The van der Waals surface area contributed by atoms with Crippen LogP contribution in [0.25, 0.3) is 0 Å². The fourth-order valence-electron chi connectivity index (χ4n) is 2.25. The van der Waals surface area contributed by atoms with Crippen LogP contribution >= 0.6 is 11.8 Å². The zero-order chi connectivity index (χ0) is 20.1. The summed E-state index contributed by atoms with van der Waals surface area (Å²) in [7, 11) is 0. The molecule has 1 atom stereocenters. The van der Waals surface area contributed by atoms with Gasteiger partial charge in [-0.15, -0.1) is 13.2 Å². The van der Waals surface area contributed by atoms with Crippen molar-refractivity contribution in [2.75, 3.05) is 5.32 Å². The highest BCUT2D eigenvalue weighted by atomic mass is 32.2. The Morgan fingerprint density at radius 3 is 2.68 bits per heavy atom. The summed E-state index contributed by atoms with van der Waals surface area (Å²) in [6.45, 7) is 0. The number of benzene rings is 1. The second kappa shape index (κ2) is 8.30. The highest BCUT2D eigenvalue weighted by Gasteiger charge is 2.32. The molecule has 1 aliphatic heterocycles. The molecule has 1 aromatic carbocycles. The minimum atomic E-state index is -4.78. The first-order chi connectivity index (χ1) is 13.3. The smallest absolute Gasteiger partial charge is 0.406 e. The van der Waals surface area contributed by atoms with Crippen LogP contribution in [0.15, 0.2) is 53.8 Å². The number of carbonyl (C=O) groups is 2. The standard InChI is InChI=1S/C17H13F3N4O3S/c18-17(19,20)27-12-5-3-10(4-6-12)22-14(25)8-13-15(26)24-16(28-13)23-11-2-1-7-21-9-11/h1-7,9,13H,8H2,(H,22,25)(H,23,24,26). The predicted molar refractivity (Wildman–Crippen MR) is 97.2 cm³/mol. The summed E-state index contributed by atoms with van der Waals surface area (Å²) in [5.74, 6) is -1.20. The summed E-state index contributed by atoms with van der Waals surface area (Å²) in [5, 5.41) is 4.82. The van der Waals surface area contributed by atoms with Crippen molar-refractivity contribution in [2.45, 2.75) is 18.0 Å². The van der Waals surface area contributed by atoms with Gasteiger partial charge in [0.05, 0.1) is 11.9 Å². The SMILES string of the molecule is O=C(CC1SC(=Nc2cccnc2)NC1=O)Nc1ccc(OC(F)(F)F)cc1. The van der Waals surface area contributed by atoms with E-state index >= 15 is 0 Å². The summed E-state index contributed by atoms with van der Waals surface area (Å²) >= 11 is 1.12. The number of hydrogen-bond acceptors (Lipinski definition) is 6. The molecule has 0 aliphatic carbocycles. The third kappa shape index (κ3) is 5.71. The Hall–Kier alpha value is -3.08. The van der Waals surface area contributed by atoms with E-state index in [4.69, 9.17) is 0 Å². The largest absolute Gasteiger partial charge is 0.573 e. The number of amides is 2. The van der Waals surface area contributed by atoms with Crippen LogP contribution in [0.2, 0.25) is 0 Å². The van der Waals surface area contributed by atoms with Crippen molar-refractivity contribution in [1.29, 1.82) is 0 Å². The summed E-state index contributed by atoms with van der Waals surface area (Å²) in [5.41, 5.74) is 0.851. The second-order valence-electron chi connectivity index (χ2n) is 5.55. The number of carbonyl (C=O) groups excluding carboxylic acids is 2. The zero-order valence-corrected chi connectivity index (χ0v) is 14.9. The summed E-state index contributed by atoms with van der Waals surface area (Å²) in [4.78, 5) is 32.3. The Kier molecular flexibility index (Phi) is 5.83. The van der Waals surface area contributed by atoms with Crippen molar-refractivity contribution >= 4 is 40.1 Å². The highest BCUT2D eigenvalue weighted by Crippen LogP contribution is 2.26. The number of halogens is 3. The van der Waals surface area contributed by atoms with Crippen molar-refractivity contribution in [3.8, 4) is 5.75 Å². The molecule has 146 valence electrons. The van der Waals surface area contributed by atoms with E-state index in [-0.39, 0.29) is 18.0 Å². The number of anilines is 1. The lowest BCUT2D eigenvalue weighted by Gasteiger charge is -2.10. The van der Waals surface area contributed by atoms with Gasteiger partial charge < -0.3 is 15.4 Å². The van der Waals surface area contributed by atoms with E-state index in [2.05, 4.69) is 25.3 Å². The van der Waals surface area contributed by atoms with E-state index in [1.54, 1.807) is 18.3 Å². The topological polar surface area (TPSA) is 92.7 Å². The van der Waals surface area contributed by atoms with Crippen LogP contribution in [0.1, 0.15) is 6.42 Å². The molecule has 0 spiro atoms. The molecule has 1 unspecified atom stereocenters. The lowest BCUT2D eigenvalue weighted by Crippen LogP contribution is -2.28. The third-order valence-electron chi connectivity index (χ3n) is 3.40. The Labute approximate surface area is 161 Å². The molecule has 28 heavy (non-hydrogen) atoms. The molecule has 1 aromatic heterocycles. The van der Waals surface area contributed by atoms with Crippen molar-refractivity contribution in [3.63, 3.8) is 0 Å². The molecule has 1 aliphatic rings. The van der Waals surface area contributed by atoms with E-state index in [1.165, 1.54) is 18.3 Å². The van der Waals surface area contributed by atoms with Gasteiger partial charge in [0.1, 0.15) is 11.0 Å². The zero-order valence-electron chi connectivity index (χ0n) is 14.1. The molecule has 2 amide bonds. The van der Waals surface area contributed by atoms with Gasteiger partial charge in [-0.1, -0.05) is 11.8 Å². The van der Waals surface area contributed by atoms with Gasteiger partial charge in [-0.3, -0.25) is 14.6 Å². The summed E-state index contributed by atoms with van der Waals surface area (Å²) in [6.07, 6.45) is -1.78. The molecule has 0 saturated carbocycles. The van der Waals surface area contributed by atoms with Gasteiger partial charge in [-0.05, 0) is 36.4 Å². The summed E-state index contributed by atoms with van der Waals surface area (Å²) < 4.78 is 40.2. The van der Waals surface area contributed by atoms with E-state index < -0.39 is 23.3 Å². The number of pyridine rings is 1. The number of hydrogen-bond donors (Lipinski definition) is 2. The van der Waals surface area contributed by atoms with Gasteiger partial charge in [0.2, 0.25) is 11.8 Å². The number of nitrogens with one attached hydrogen (secondary N) is 2. The lowest BCUT2D eigenvalue weighted by atomic mass is 10.2. The highest BCUT2D eigenvalue weighted by molar-refractivity contribution is 8.15. The minimum Gasteiger partial charge on any atom is -0.406 e. The number of ether oxygens (including phenoxy) is 1. The molecule has 0 radical (unpaired) electrons. The Bertz CT molecular complexity index is 889. The van der Waals surface area contributed by atoms with Crippen LogP contribution in [0, 0.1) is 0 Å². The third-order valence-corrected chi connectivity index (χ3v) is 4.48. The van der Waals surface area contributed by atoms with Crippen LogP contribution in [0.5, 0.6) is 5.75 Å². The monoisotopic (exact) mass is 410 g/mol. The van der Waals surface area contributed by atoms with Gasteiger partial charge in [-0.25, -0.2) is 4.99 Å². The van der Waals surface area contributed by atoms with E-state index in [0.29, 0.717) is 10.9 Å². The van der Waals surface area contributed by atoms with Crippen molar-refractivity contribution in [2.24, 2.45) is 4.99 Å². The lowest BCUT2D eigenvalue weighted by molar-refractivity contribution is -0.274.